The molecule has 30 heavy (non-hydrogen) atoms. The highest BCUT2D eigenvalue weighted by molar-refractivity contribution is 14.0. The van der Waals surface area contributed by atoms with E-state index in [1.807, 2.05) is 13.0 Å². The highest BCUT2D eigenvalue weighted by Gasteiger charge is 2.15. The minimum absolute atomic E-state index is 0. The third kappa shape index (κ3) is 7.22. The van der Waals surface area contributed by atoms with E-state index in [1.165, 1.54) is 12.8 Å². The number of hydrogen-bond acceptors (Lipinski definition) is 5. The van der Waals surface area contributed by atoms with Gasteiger partial charge < -0.3 is 20.3 Å². The zero-order valence-corrected chi connectivity index (χ0v) is 20.3. The van der Waals surface area contributed by atoms with Crippen LogP contribution >= 0.6 is 35.3 Å². The third-order valence-corrected chi connectivity index (χ3v) is 5.64. The van der Waals surface area contributed by atoms with Crippen molar-refractivity contribution in [1.82, 2.24) is 15.6 Å². The Kier molecular flexibility index (Phi) is 10.0. The summed E-state index contributed by atoms with van der Waals surface area (Å²) >= 11 is 1.69. The van der Waals surface area contributed by atoms with Crippen molar-refractivity contribution in [2.45, 2.75) is 39.3 Å². The molecule has 10 heteroatoms. The normalized spacial score (nSPS) is 14.0. The van der Waals surface area contributed by atoms with Gasteiger partial charge in [0.25, 0.3) is 0 Å². The average Bonchev–Trinajstić information content (AvgIpc) is 3.37. The molecule has 0 radical (unpaired) electrons. The lowest BCUT2D eigenvalue weighted by atomic mass is 10.1. The second-order valence-corrected chi connectivity index (χ2v) is 7.74. The lowest BCUT2D eigenvalue weighted by Gasteiger charge is -2.15. The molecule has 166 valence electrons. The van der Waals surface area contributed by atoms with Crippen LogP contribution in [0.3, 0.4) is 0 Å². The van der Waals surface area contributed by atoms with Gasteiger partial charge in [0.15, 0.2) is 11.1 Å². The molecule has 0 atom stereocenters. The second kappa shape index (κ2) is 12.2. The molecule has 6 nitrogen and oxygen atoms in total. The van der Waals surface area contributed by atoms with E-state index in [2.05, 4.69) is 30.6 Å². The first-order valence-electron chi connectivity index (χ1n) is 9.73. The number of nitrogens with zero attached hydrogens (tertiary/aromatic N) is 3. The van der Waals surface area contributed by atoms with E-state index in [9.17, 15) is 8.78 Å². The second-order valence-electron chi connectivity index (χ2n) is 6.91. The molecule has 1 aliphatic heterocycles. The minimum atomic E-state index is -2.85. The summed E-state index contributed by atoms with van der Waals surface area (Å²) in [6.45, 7) is 2.26. The molecule has 1 aromatic heterocycles. The van der Waals surface area contributed by atoms with Crippen LogP contribution in [0.2, 0.25) is 0 Å². The summed E-state index contributed by atoms with van der Waals surface area (Å²) in [6, 6.07) is 5.14. The molecule has 0 amide bonds. The smallest absolute Gasteiger partial charge is 0.387 e. The Bertz CT molecular complexity index is 827. The monoisotopic (exact) mass is 551 g/mol. The zero-order valence-electron chi connectivity index (χ0n) is 17.2. The van der Waals surface area contributed by atoms with Gasteiger partial charge in [-0.05, 0) is 25.8 Å². The maximum absolute atomic E-state index is 12.6. The van der Waals surface area contributed by atoms with Crippen LogP contribution in [0.15, 0.2) is 28.6 Å². The Morgan fingerprint density at radius 2 is 2.07 bits per heavy atom. The van der Waals surface area contributed by atoms with Crippen LogP contribution in [0, 0.1) is 6.92 Å². The van der Waals surface area contributed by atoms with Crippen LogP contribution in [-0.2, 0) is 13.0 Å². The Labute approximate surface area is 197 Å². The SMILES string of the molecule is CN=C(NCCc1csc(N2CCCC2)n1)NCc1cc(C)ccc1OC(F)F.I. The summed E-state index contributed by atoms with van der Waals surface area (Å²) in [6.07, 6.45) is 3.27. The number of aliphatic imine (C=N–C) groups is 1. The Morgan fingerprint density at radius 3 is 2.77 bits per heavy atom. The van der Waals surface area contributed by atoms with Crippen LogP contribution in [0.4, 0.5) is 13.9 Å². The van der Waals surface area contributed by atoms with Crippen molar-refractivity contribution in [2.75, 3.05) is 31.6 Å². The minimum Gasteiger partial charge on any atom is -0.434 e. The number of benzene rings is 1. The topological polar surface area (TPSA) is 61.8 Å². The van der Waals surface area contributed by atoms with Crippen LogP contribution in [0.5, 0.6) is 5.75 Å². The van der Waals surface area contributed by atoms with Crippen molar-refractivity contribution in [3.8, 4) is 5.75 Å². The summed E-state index contributed by atoms with van der Waals surface area (Å²) in [4.78, 5) is 11.2. The summed E-state index contributed by atoms with van der Waals surface area (Å²) in [5.74, 6) is 0.773. The maximum atomic E-state index is 12.6. The molecule has 0 unspecified atom stereocenters. The molecule has 1 saturated heterocycles. The van der Waals surface area contributed by atoms with E-state index >= 15 is 0 Å². The number of rotatable bonds is 8. The zero-order chi connectivity index (χ0) is 20.6. The number of anilines is 1. The molecule has 0 aliphatic carbocycles. The van der Waals surface area contributed by atoms with Gasteiger partial charge in [0.1, 0.15) is 5.75 Å². The van der Waals surface area contributed by atoms with E-state index in [4.69, 9.17) is 4.98 Å². The standard InChI is InChI=1S/C20H27F2N5OS.HI/c1-14-5-6-17(28-18(21)22)15(11-14)12-25-19(23-2)24-8-7-16-13-29-20(26-16)27-9-3-4-10-27;/h5-6,11,13,18H,3-4,7-10,12H2,1-2H3,(H2,23,24,25);1H. The number of alkyl halides is 2. The van der Waals surface area contributed by atoms with Crippen molar-refractivity contribution in [1.29, 1.82) is 0 Å². The number of aryl methyl sites for hydroxylation is 1. The van der Waals surface area contributed by atoms with Gasteiger partial charge in [0.2, 0.25) is 0 Å². The molecule has 3 rings (SSSR count). The van der Waals surface area contributed by atoms with E-state index in [0.717, 1.165) is 35.9 Å². The summed E-state index contributed by atoms with van der Waals surface area (Å²) in [5, 5.41) is 9.60. The van der Waals surface area contributed by atoms with Gasteiger partial charge in [-0.2, -0.15) is 8.78 Å². The fraction of sp³-hybridized carbons (Fsp3) is 0.500. The Morgan fingerprint density at radius 1 is 1.30 bits per heavy atom. The van der Waals surface area contributed by atoms with Crippen molar-refractivity contribution >= 4 is 46.4 Å². The first kappa shape index (κ1) is 24.6. The van der Waals surface area contributed by atoms with Crippen molar-refractivity contribution < 1.29 is 13.5 Å². The van der Waals surface area contributed by atoms with Gasteiger partial charge in [-0.25, -0.2) is 4.98 Å². The molecule has 0 spiro atoms. The highest BCUT2D eigenvalue weighted by atomic mass is 127. The van der Waals surface area contributed by atoms with Gasteiger partial charge >= 0.3 is 6.61 Å². The van der Waals surface area contributed by atoms with Gasteiger partial charge in [0, 0.05) is 50.6 Å². The number of ether oxygens (including phenoxy) is 1. The molecule has 2 N–H and O–H groups in total. The molecule has 1 aliphatic rings. The van der Waals surface area contributed by atoms with Crippen LogP contribution < -0.4 is 20.3 Å². The molecule has 2 heterocycles. The Balaban J connectivity index is 0.00000320. The van der Waals surface area contributed by atoms with Gasteiger partial charge in [0.05, 0.1) is 5.69 Å². The number of aromatic nitrogens is 1. The lowest BCUT2D eigenvalue weighted by Crippen LogP contribution is -2.38. The molecular formula is C20H28F2IN5OS. The molecule has 1 fully saturated rings. The first-order valence-corrected chi connectivity index (χ1v) is 10.6. The van der Waals surface area contributed by atoms with Crippen LogP contribution in [0.1, 0.15) is 29.7 Å². The summed E-state index contributed by atoms with van der Waals surface area (Å²) in [7, 11) is 1.68. The number of thiazole rings is 1. The predicted octanol–water partition coefficient (Wildman–Crippen LogP) is 4.18. The predicted molar refractivity (Wildman–Crippen MR) is 129 cm³/mol. The van der Waals surface area contributed by atoms with Gasteiger partial charge in [-0.15, -0.1) is 35.3 Å². The van der Waals surface area contributed by atoms with Crippen molar-refractivity contribution in [3.63, 3.8) is 0 Å². The third-order valence-electron chi connectivity index (χ3n) is 4.69. The van der Waals surface area contributed by atoms with Crippen LogP contribution in [0.25, 0.3) is 0 Å². The molecular weight excluding hydrogens is 523 g/mol. The lowest BCUT2D eigenvalue weighted by molar-refractivity contribution is -0.0504. The molecule has 0 saturated carbocycles. The molecule has 0 bridgehead atoms. The van der Waals surface area contributed by atoms with Gasteiger partial charge in [-0.3, -0.25) is 4.99 Å². The number of halogens is 3. The number of guanidine groups is 1. The van der Waals surface area contributed by atoms with E-state index in [1.54, 1.807) is 30.5 Å². The number of hydrogen-bond donors (Lipinski definition) is 2. The van der Waals surface area contributed by atoms with Crippen molar-refractivity contribution in [2.24, 2.45) is 4.99 Å². The first-order chi connectivity index (χ1) is 14.0. The average molecular weight is 551 g/mol. The molecule has 2 aromatic rings. The van der Waals surface area contributed by atoms with Gasteiger partial charge in [-0.1, -0.05) is 17.7 Å². The fourth-order valence-corrected chi connectivity index (χ4v) is 4.14. The summed E-state index contributed by atoms with van der Waals surface area (Å²) < 4.78 is 29.8. The Hall–Kier alpha value is -1.69. The van der Waals surface area contributed by atoms with E-state index in [0.29, 0.717) is 24.6 Å². The van der Waals surface area contributed by atoms with Crippen LogP contribution in [-0.4, -0.2) is 44.2 Å². The number of nitrogens with one attached hydrogen (secondary N) is 2. The van der Waals surface area contributed by atoms with E-state index < -0.39 is 6.61 Å². The largest absolute Gasteiger partial charge is 0.434 e. The maximum Gasteiger partial charge on any atom is 0.387 e. The fourth-order valence-electron chi connectivity index (χ4n) is 3.23. The van der Waals surface area contributed by atoms with E-state index in [-0.39, 0.29) is 29.7 Å². The molecule has 1 aromatic carbocycles. The highest BCUT2D eigenvalue weighted by Crippen LogP contribution is 2.24. The quantitative estimate of drug-likeness (QED) is 0.293. The summed E-state index contributed by atoms with van der Waals surface area (Å²) in [5.41, 5.74) is 2.69. The van der Waals surface area contributed by atoms with Crippen molar-refractivity contribution in [3.05, 3.63) is 40.4 Å².